The number of ether oxygens (including phenoxy) is 1. The molecule has 0 N–H and O–H groups in total. The van der Waals surface area contributed by atoms with Crippen LogP contribution in [0.4, 0.5) is 0 Å². The standard InChI is InChI=1S/C21H11I3O5S/c22-18-13-7-3-4-8-14(13)19(23)20(24)17(18)21(25)29-15-9-10-16(30(26,27)28)12-6-2-1-5-11(12)15/h1-10H,(H,26,27,28)/p-1. The average Bonchev–Trinajstić information content (AvgIpc) is 2.71. The number of hydrogen-bond acceptors (Lipinski definition) is 5. The lowest BCUT2D eigenvalue weighted by atomic mass is 10.1. The van der Waals surface area contributed by atoms with Crippen LogP contribution in [0.1, 0.15) is 10.4 Å². The predicted octanol–water partition coefficient (Wildman–Crippen LogP) is 5.93. The summed E-state index contributed by atoms with van der Waals surface area (Å²) in [6, 6.07) is 16.8. The molecule has 0 aromatic heterocycles. The average molecular weight is 755 g/mol. The minimum Gasteiger partial charge on any atom is -0.744 e. The second-order valence-corrected chi connectivity index (χ2v) is 10.9. The van der Waals surface area contributed by atoms with Gasteiger partial charge in [-0.2, -0.15) is 0 Å². The number of benzene rings is 4. The van der Waals surface area contributed by atoms with Crippen molar-refractivity contribution in [2.75, 3.05) is 0 Å². The van der Waals surface area contributed by atoms with Crippen molar-refractivity contribution in [3.63, 3.8) is 0 Å². The van der Waals surface area contributed by atoms with Gasteiger partial charge in [-0.25, -0.2) is 13.2 Å². The fourth-order valence-corrected chi connectivity index (χ4v) is 6.88. The molecule has 4 aromatic carbocycles. The third kappa shape index (κ3) is 3.94. The zero-order chi connectivity index (χ0) is 21.6. The topological polar surface area (TPSA) is 83.5 Å². The lowest BCUT2D eigenvalue weighted by Crippen LogP contribution is -2.14. The lowest BCUT2D eigenvalue weighted by Gasteiger charge is -2.16. The molecular weight excluding hydrogens is 745 g/mol. The second kappa shape index (κ2) is 8.48. The molecule has 4 rings (SSSR count). The molecule has 30 heavy (non-hydrogen) atoms. The van der Waals surface area contributed by atoms with Gasteiger partial charge in [-0.05, 0) is 90.7 Å². The predicted molar refractivity (Wildman–Crippen MR) is 139 cm³/mol. The monoisotopic (exact) mass is 755 g/mol. The van der Waals surface area contributed by atoms with E-state index in [2.05, 4.69) is 67.8 Å². The molecule has 0 unspecified atom stereocenters. The van der Waals surface area contributed by atoms with Crippen molar-refractivity contribution in [2.24, 2.45) is 0 Å². The van der Waals surface area contributed by atoms with Gasteiger partial charge in [-0.3, -0.25) is 0 Å². The molecule has 0 spiro atoms. The Balaban J connectivity index is 1.86. The van der Waals surface area contributed by atoms with Gasteiger partial charge in [0.1, 0.15) is 15.9 Å². The Hall–Kier alpha value is -1.03. The summed E-state index contributed by atoms with van der Waals surface area (Å²) in [4.78, 5) is 12.8. The summed E-state index contributed by atoms with van der Waals surface area (Å²) in [6.45, 7) is 0. The lowest BCUT2D eigenvalue weighted by molar-refractivity contribution is 0.0735. The largest absolute Gasteiger partial charge is 0.744 e. The maximum atomic E-state index is 13.2. The normalized spacial score (nSPS) is 11.7. The number of hydrogen-bond donors (Lipinski definition) is 0. The molecule has 9 heteroatoms. The molecule has 0 saturated carbocycles. The minimum atomic E-state index is -4.66. The van der Waals surface area contributed by atoms with Gasteiger partial charge in [0.2, 0.25) is 0 Å². The molecule has 5 nitrogen and oxygen atoms in total. The Labute approximate surface area is 213 Å². The van der Waals surface area contributed by atoms with Crippen molar-refractivity contribution in [3.05, 3.63) is 76.9 Å². The Morgan fingerprint density at radius 2 is 1.27 bits per heavy atom. The van der Waals surface area contributed by atoms with Crippen LogP contribution in [-0.4, -0.2) is 18.9 Å². The zero-order valence-electron chi connectivity index (χ0n) is 14.9. The van der Waals surface area contributed by atoms with Crippen LogP contribution in [0.5, 0.6) is 5.75 Å². The van der Waals surface area contributed by atoms with Gasteiger partial charge in [0.25, 0.3) is 0 Å². The number of fused-ring (bicyclic) bond motifs is 2. The van der Waals surface area contributed by atoms with Crippen molar-refractivity contribution in [2.45, 2.75) is 4.90 Å². The van der Waals surface area contributed by atoms with Crippen LogP contribution in [-0.2, 0) is 10.1 Å². The van der Waals surface area contributed by atoms with E-state index in [9.17, 15) is 17.8 Å². The molecule has 152 valence electrons. The molecule has 0 fully saturated rings. The summed E-state index contributed by atoms with van der Waals surface area (Å²) >= 11 is 6.50. The van der Waals surface area contributed by atoms with Crippen LogP contribution in [0, 0.1) is 10.7 Å². The van der Waals surface area contributed by atoms with E-state index in [1.165, 1.54) is 18.2 Å². The van der Waals surface area contributed by atoms with Crippen molar-refractivity contribution >= 4 is 105 Å². The SMILES string of the molecule is O=C(Oc1ccc(S(=O)(=O)[O-])c2ccccc12)c1c(I)c(I)c2ccccc2c1I. The van der Waals surface area contributed by atoms with Crippen molar-refractivity contribution in [3.8, 4) is 5.75 Å². The Bertz CT molecular complexity index is 1450. The maximum Gasteiger partial charge on any atom is 0.345 e. The summed E-state index contributed by atoms with van der Waals surface area (Å²) in [5.74, 6) is -0.354. The first-order chi connectivity index (χ1) is 14.2. The van der Waals surface area contributed by atoms with Crippen LogP contribution in [0.2, 0.25) is 0 Å². The first kappa shape index (κ1) is 22.2. The highest BCUT2D eigenvalue weighted by atomic mass is 127. The Morgan fingerprint density at radius 1 is 0.733 bits per heavy atom. The van der Waals surface area contributed by atoms with Gasteiger partial charge in [0.15, 0.2) is 0 Å². The summed E-state index contributed by atoms with van der Waals surface area (Å²) < 4.78 is 43.0. The number of halogens is 3. The molecule has 0 saturated heterocycles. The van der Waals surface area contributed by atoms with Crippen LogP contribution < -0.4 is 4.74 Å². The second-order valence-electron chi connectivity index (χ2n) is 6.31. The van der Waals surface area contributed by atoms with Crippen molar-refractivity contribution in [1.29, 1.82) is 0 Å². The molecule has 0 aliphatic carbocycles. The summed E-state index contributed by atoms with van der Waals surface area (Å²) in [7, 11) is -4.66. The van der Waals surface area contributed by atoms with E-state index in [0.717, 1.165) is 21.5 Å². The van der Waals surface area contributed by atoms with E-state index < -0.39 is 16.1 Å². The number of carbonyl (C=O) groups excluding carboxylic acids is 1. The van der Waals surface area contributed by atoms with Crippen LogP contribution in [0.15, 0.2) is 65.6 Å². The van der Waals surface area contributed by atoms with Crippen molar-refractivity contribution in [1.82, 2.24) is 0 Å². The number of rotatable bonds is 3. The minimum absolute atomic E-state index is 0.192. The van der Waals surface area contributed by atoms with Gasteiger partial charge in [-0.15, -0.1) is 0 Å². The first-order valence-electron chi connectivity index (χ1n) is 8.45. The first-order valence-corrected chi connectivity index (χ1v) is 13.1. The molecule has 0 amide bonds. The molecule has 0 heterocycles. The third-order valence-electron chi connectivity index (χ3n) is 4.55. The quantitative estimate of drug-likeness (QED) is 0.0852. The molecule has 0 aliphatic heterocycles. The summed E-state index contributed by atoms with van der Waals surface area (Å²) in [6.07, 6.45) is 0. The number of carbonyl (C=O) groups is 1. The Morgan fingerprint density at radius 3 is 1.87 bits per heavy atom. The van der Waals surface area contributed by atoms with E-state index in [4.69, 9.17) is 4.74 Å². The highest BCUT2D eigenvalue weighted by molar-refractivity contribution is 14.1. The Kier molecular flexibility index (Phi) is 6.27. The fourth-order valence-electron chi connectivity index (χ4n) is 3.21. The van der Waals surface area contributed by atoms with E-state index in [1.807, 2.05) is 24.3 Å². The van der Waals surface area contributed by atoms with Crippen molar-refractivity contribution < 1.29 is 22.5 Å². The van der Waals surface area contributed by atoms with Crippen LogP contribution in [0.3, 0.4) is 0 Å². The molecule has 0 bridgehead atoms. The van der Waals surface area contributed by atoms with E-state index in [1.54, 1.807) is 18.2 Å². The summed E-state index contributed by atoms with van der Waals surface area (Å²) in [5.41, 5.74) is 0.448. The van der Waals surface area contributed by atoms with Gasteiger partial charge >= 0.3 is 5.97 Å². The van der Waals surface area contributed by atoms with Gasteiger partial charge in [-0.1, -0.05) is 48.5 Å². The maximum absolute atomic E-state index is 13.2. The summed E-state index contributed by atoms with van der Waals surface area (Å²) in [5, 5.41) is 2.60. The highest BCUT2D eigenvalue weighted by Crippen LogP contribution is 2.36. The molecule has 0 radical (unpaired) electrons. The third-order valence-corrected chi connectivity index (χ3v) is 9.80. The molecule has 0 aliphatic rings. The molecular formula is C21H10I3O5S-. The van der Waals surface area contributed by atoms with Crippen LogP contribution >= 0.6 is 67.8 Å². The number of esters is 1. The smallest absolute Gasteiger partial charge is 0.345 e. The van der Waals surface area contributed by atoms with E-state index in [-0.39, 0.29) is 16.0 Å². The fraction of sp³-hybridized carbons (Fsp3) is 0. The molecule has 0 atom stereocenters. The van der Waals surface area contributed by atoms with E-state index in [0.29, 0.717) is 10.9 Å². The van der Waals surface area contributed by atoms with Gasteiger partial charge in [0.05, 0.1) is 10.5 Å². The zero-order valence-corrected chi connectivity index (χ0v) is 22.1. The highest BCUT2D eigenvalue weighted by Gasteiger charge is 2.23. The van der Waals surface area contributed by atoms with E-state index >= 15 is 0 Å². The van der Waals surface area contributed by atoms with Gasteiger partial charge < -0.3 is 9.29 Å². The molecule has 4 aromatic rings. The van der Waals surface area contributed by atoms with Gasteiger partial charge in [0, 0.05) is 21.5 Å². The van der Waals surface area contributed by atoms with Crippen LogP contribution in [0.25, 0.3) is 21.5 Å².